The zero-order chi connectivity index (χ0) is 9.72. The molecule has 5 heteroatoms. The molecule has 0 bridgehead atoms. The minimum Gasteiger partial charge on any atom is -0.468 e. The van der Waals surface area contributed by atoms with Gasteiger partial charge in [0, 0.05) is 12.2 Å². The average molecular weight is 191 g/mol. The number of carbonyl (C=O) groups is 2. The van der Waals surface area contributed by atoms with E-state index in [1.54, 1.807) is 6.92 Å². The summed E-state index contributed by atoms with van der Waals surface area (Å²) in [7, 11) is 1.27. The Bertz CT molecular complexity index is 183. The molecule has 0 aromatic carbocycles. The molecule has 0 saturated heterocycles. The first-order valence-corrected chi connectivity index (χ1v) is 4.37. The lowest BCUT2D eigenvalue weighted by Crippen LogP contribution is -2.39. The van der Waals surface area contributed by atoms with E-state index < -0.39 is 12.0 Å². The zero-order valence-electron chi connectivity index (χ0n) is 7.37. The van der Waals surface area contributed by atoms with Crippen molar-refractivity contribution >= 4 is 22.8 Å². The summed E-state index contributed by atoms with van der Waals surface area (Å²) in [6, 6.07) is -0.733. The minimum absolute atomic E-state index is 0.0538. The fourth-order valence-corrected chi connectivity index (χ4v) is 1.44. The standard InChI is InChI=1S/C7H13NO3S/c1-4(12-5(2)9)6(8)7(10)11-3/h4,6H,8H2,1-3H3/t4-,6+/m1/s1. The Morgan fingerprint density at radius 2 is 2.00 bits per heavy atom. The second-order valence-corrected chi connectivity index (χ2v) is 3.92. The Hall–Kier alpha value is -0.550. The number of hydrogen-bond donors (Lipinski definition) is 1. The van der Waals surface area contributed by atoms with Gasteiger partial charge in [0.15, 0.2) is 5.12 Å². The maximum atomic E-state index is 10.9. The van der Waals surface area contributed by atoms with Crippen molar-refractivity contribution in [2.24, 2.45) is 5.73 Å². The van der Waals surface area contributed by atoms with Gasteiger partial charge >= 0.3 is 5.97 Å². The van der Waals surface area contributed by atoms with Gasteiger partial charge in [0.25, 0.3) is 0 Å². The molecule has 70 valence electrons. The van der Waals surface area contributed by atoms with Crippen LogP contribution in [0, 0.1) is 0 Å². The van der Waals surface area contributed by atoms with E-state index >= 15 is 0 Å². The third kappa shape index (κ3) is 3.73. The number of carbonyl (C=O) groups excluding carboxylic acids is 2. The fourth-order valence-electron chi connectivity index (χ4n) is 0.663. The summed E-state index contributed by atoms with van der Waals surface area (Å²) in [4.78, 5) is 21.5. The molecule has 0 aliphatic heterocycles. The lowest BCUT2D eigenvalue weighted by molar-refractivity contribution is -0.142. The first-order chi connectivity index (χ1) is 5.49. The third-order valence-electron chi connectivity index (χ3n) is 1.33. The van der Waals surface area contributed by atoms with Crippen molar-refractivity contribution in [1.29, 1.82) is 0 Å². The first-order valence-electron chi connectivity index (χ1n) is 3.49. The molecular formula is C7H13NO3S. The summed E-state index contributed by atoms with van der Waals surface area (Å²) in [5, 5.41) is -0.295. The summed E-state index contributed by atoms with van der Waals surface area (Å²) in [5.41, 5.74) is 5.47. The highest BCUT2D eigenvalue weighted by molar-refractivity contribution is 8.14. The molecule has 0 radical (unpaired) electrons. The molecule has 0 aliphatic carbocycles. The van der Waals surface area contributed by atoms with Gasteiger partial charge in [-0.25, -0.2) is 0 Å². The Morgan fingerprint density at radius 1 is 1.50 bits per heavy atom. The quantitative estimate of drug-likeness (QED) is 0.643. The normalized spacial score (nSPS) is 15.0. The molecule has 0 spiro atoms. The summed E-state index contributed by atoms with van der Waals surface area (Å²) >= 11 is 1.04. The van der Waals surface area contributed by atoms with Crippen LogP contribution in [0.5, 0.6) is 0 Å². The number of nitrogens with two attached hydrogens (primary N) is 1. The maximum Gasteiger partial charge on any atom is 0.323 e. The van der Waals surface area contributed by atoms with Crippen molar-refractivity contribution < 1.29 is 14.3 Å². The van der Waals surface area contributed by atoms with Crippen LogP contribution in [0.15, 0.2) is 0 Å². The molecule has 0 amide bonds. The highest BCUT2D eigenvalue weighted by Crippen LogP contribution is 2.14. The molecular weight excluding hydrogens is 178 g/mol. The second kappa shape index (κ2) is 5.16. The lowest BCUT2D eigenvalue weighted by atomic mass is 10.2. The van der Waals surface area contributed by atoms with Crippen LogP contribution in [0.1, 0.15) is 13.8 Å². The van der Waals surface area contributed by atoms with Crippen molar-refractivity contribution in [1.82, 2.24) is 0 Å². The molecule has 0 saturated carbocycles. The Labute approximate surface area is 75.8 Å². The van der Waals surface area contributed by atoms with E-state index in [-0.39, 0.29) is 10.4 Å². The van der Waals surface area contributed by atoms with E-state index in [9.17, 15) is 9.59 Å². The molecule has 2 N–H and O–H groups in total. The molecule has 0 rings (SSSR count). The molecule has 12 heavy (non-hydrogen) atoms. The lowest BCUT2D eigenvalue weighted by Gasteiger charge is -2.14. The van der Waals surface area contributed by atoms with Gasteiger partial charge in [-0.2, -0.15) is 0 Å². The van der Waals surface area contributed by atoms with Gasteiger partial charge in [0.2, 0.25) is 0 Å². The predicted octanol–water partition coefficient (Wildman–Crippen LogP) is 0.155. The topological polar surface area (TPSA) is 69.4 Å². The van der Waals surface area contributed by atoms with Gasteiger partial charge in [-0.05, 0) is 0 Å². The van der Waals surface area contributed by atoms with Crippen LogP contribution in [0.3, 0.4) is 0 Å². The van der Waals surface area contributed by atoms with Crippen LogP contribution in [0.2, 0.25) is 0 Å². The summed E-state index contributed by atoms with van der Waals surface area (Å²) < 4.78 is 4.43. The third-order valence-corrected chi connectivity index (χ3v) is 2.33. The van der Waals surface area contributed by atoms with Crippen LogP contribution < -0.4 is 5.73 Å². The molecule has 0 aliphatic rings. The molecule has 0 fully saturated rings. The Balaban J connectivity index is 4.00. The van der Waals surface area contributed by atoms with Gasteiger partial charge in [-0.1, -0.05) is 18.7 Å². The minimum atomic E-state index is -0.733. The van der Waals surface area contributed by atoms with Gasteiger partial charge in [-0.15, -0.1) is 0 Å². The number of ether oxygens (including phenoxy) is 1. The van der Waals surface area contributed by atoms with Crippen molar-refractivity contribution in [3.05, 3.63) is 0 Å². The largest absolute Gasteiger partial charge is 0.468 e. The van der Waals surface area contributed by atoms with Crippen molar-refractivity contribution in [3.63, 3.8) is 0 Å². The molecule has 0 aromatic rings. The zero-order valence-corrected chi connectivity index (χ0v) is 8.18. The number of thioether (sulfide) groups is 1. The van der Waals surface area contributed by atoms with E-state index in [2.05, 4.69) is 4.74 Å². The number of rotatable bonds is 3. The van der Waals surface area contributed by atoms with E-state index in [1.165, 1.54) is 14.0 Å². The number of esters is 1. The maximum absolute atomic E-state index is 10.9. The van der Waals surface area contributed by atoms with E-state index in [1.807, 2.05) is 0 Å². The summed E-state index contributed by atoms with van der Waals surface area (Å²) in [6.45, 7) is 3.15. The summed E-state index contributed by atoms with van der Waals surface area (Å²) in [6.07, 6.45) is 0. The summed E-state index contributed by atoms with van der Waals surface area (Å²) in [5.74, 6) is -0.490. The number of hydrogen-bond acceptors (Lipinski definition) is 5. The molecule has 2 atom stereocenters. The molecule has 4 nitrogen and oxygen atoms in total. The van der Waals surface area contributed by atoms with Crippen LogP contribution in [0.4, 0.5) is 0 Å². The highest BCUT2D eigenvalue weighted by atomic mass is 32.2. The van der Waals surface area contributed by atoms with Crippen LogP contribution in [-0.2, 0) is 14.3 Å². The van der Waals surface area contributed by atoms with Crippen molar-refractivity contribution in [2.75, 3.05) is 7.11 Å². The van der Waals surface area contributed by atoms with Crippen LogP contribution >= 0.6 is 11.8 Å². The van der Waals surface area contributed by atoms with Crippen LogP contribution in [0.25, 0.3) is 0 Å². The van der Waals surface area contributed by atoms with Gasteiger partial charge in [0.1, 0.15) is 6.04 Å². The van der Waals surface area contributed by atoms with E-state index in [0.717, 1.165) is 11.8 Å². The predicted molar refractivity (Wildman–Crippen MR) is 47.7 cm³/mol. The fraction of sp³-hybridized carbons (Fsp3) is 0.714. The van der Waals surface area contributed by atoms with Gasteiger partial charge in [0.05, 0.1) is 7.11 Å². The molecule has 0 unspecified atom stereocenters. The van der Waals surface area contributed by atoms with Gasteiger partial charge < -0.3 is 10.5 Å². The van der Waals surface area contributed by atoms with E-state index in [0.29, 0.717) is 0 Å². The number of methoxy groups -OCH3 is 1. The molecule has 0 aromatic heterocycles. The highest BCUT2D eigenvalue weighted by Gasteiger charge is 2.22. The Morgan fingerprint density at radius 3 is 2.33 bits per heavy atom. The van der Waals surface area contributed by atoms with Crippen molar-refractivity contribution in [3.8, 4) is 0 Å². The molecule has 0 heterocycles. The van der Waals surface area contributed by atoms with Crippen LogP contribution in [-0.4, -0.2) is 29.5 Å². The monoisotopic (exact) mass is 191 g/mol. The second-order valence-electron chi connectivity index (χ2n) is 2.36. The average Bonchev–Trinajstić information content (AvgIpc) is 2.00. The first kappa shape index (κ1) is 11.4. The van der Waals surface area contributed by atoms with Crippen molar-refractivity contribution in [2.45, 2.75) is 25.1 Å². The SMILES string of the molecule is COC(=O)[C@@H](N)[C@@H](C)SC(C)=O. The Kier molecular flexibility index (Phi) is 4.92. The van der Waals surface area contributed by atoms with Gasteiger partial charge in [-0.3, -0.25) is 9.59 Å². The van der Waals surface area contributed by atoms with E-state index in [4.69, 9.17) is 5.73 Å². The smallest absolute Gasteiger partial charge is 0.323 e.